The van der Waals surface area contributed by atoms with Crippen molar-refractivity contribution >= 4 is 23.3 Å². The Morgan fingerprint density at radius 2 is 1.97 bits per heavy atom. The van der Waals surface area contributed by atoms with Crippen LogP contribution in [-0.2, 0) is 20.4 Å². The van der Waals surface area contributed by atoms with E-state index < -0.39 is 40.4 Å². The van der Waals surface area contributed by atoms with Crippen LogP contribution in [0.5, 0.6) is 17.2 Å². The highest BCUT2D eigenvalue weighted by Crippen LogP contribution is 2.38. The molecule has 9 nitrogen and oxygen atoms in total. The van der Waals surface area contributed by atoms with Crippen molar-refractivity contribution in [2.45, 2.75) is 18.9 Å². The number of benzene rings is 2. The minimum absolute atomic E-state index is 0.0834. The van der Waals surface area contributed by atoms with Gasteiger partial charge in [-0.05, 0) is 24.3 Å². The Kier molecular flexibility index (Phi) is 8.22. The van der Waals surface area contributed by atoms with E-state index in [1.807, 2.05) is 0 Å². The molecule has 0 amide bonds. The van der Waals surface area contributed by atoms with Crippen molar-refractivity contribution in [3.63, 3.8) is 0 Å². The zero-order valence-corrected chi connectivity index (χ0v) is 17.0. The van der Waals surface area contributed by atoms with E-state index in [1.54, 1.807) is 6.07 Å². The highest BCUT2D eigenvalue weighted by molar-refractivity contribution is 6.32. The van der Waals surface area contributed by atoms with Crippen molar-refractivity contribution in [3.8, 4) is 23.3 Å². The van der Waals surface area contributed by atoms with Crippen LogP contribution in [0.1, 0.15) is 12.0 Å². The molecule has 0 aliphatic carbocycles. The van der Waals surface area contributed by atoms with Crippen LogP contribution < -0.4 is 9.47 Å². The second-order valence-electron chi connectivity index (χ2n) is 5.89. The summed E-state index contributed by atoms with van der Waals surface area (Å²) in [6.07, 6.45) is -6.38. The molecule has 0 saturated heterocycles. The molecule has 0 radical (unpaired) electrons. The number of alkyl halides is 3. The summed E-state index contributed by atoms with van der Waals surface area (Å²) in [6, 6.07) is 7.35. The van der Waals surface area contributed by atoms with Crippen molar-refractivity contribution in [2.24, 2.45) is 0 Å². The molecule has 1 atom stereocenters. The number of nitro groups is 1. The molecule has 0 aromatic heterocycles. The van der Waals surface area contributed by atoms with Crippen LogP contribution in [0.2, 0.25) is 5.02 Å². The fourth-order valence-corrected chi connectivity index (χ4v) is 2.48. The molecular weight excluding hydrogens is 461 g/mol. The van der Waals surface area contributed by atoms with Gasteiger partial charge in [0.2, 0.25) is 5.75 Å². The number of nitro benzene ring substituents is 1. The van der Waals surface area contributed by atoms with Gasteiger partial charge in [-0.1, -0.05) is 11.6 Å². The predicted molar refractivity (Wildman–Crippen MR) is 102 cm³/mol. The first-order chi connectivity index (χ1) is 15.1. The van der Waals surface area contributed by atoms with Gasteiger partial charge in [0.15, 0.2) is 0 Å². The molecule has 0 fully saturated rings. The van der Waals surface area contributed by atoms with E-state index in [1.165, 1.54) is 0 Å². The molecule has 1 unspecified atom stereocenters. The lowest BCUT2D eigenvalue weighted by Crippen LogP contribution is -2.31. The van der Waals surface area contributed by atoms with E-state index in [9.17, 15) is 28.1 Å². The molecule has 0 bridgehead atoms. The molecule has 0 spiro atoms. The topological polar surface area (TPSA) is 121 Å². The van der Waals surface area contributed by atoms with Gasteiger partial charge in [0.25, 0.3) is 6.29 Å². The molecule has 0 aliphatic rings. The second kappa shape index (κ2) is 10.7. The Balaban J connectivity index is 2.28. The van der Waals surface area contributed by atoms with Crippen molar-refractivity contribution in [2.75, 3.05) is 13.7 Å². The van der Waals surface area contributed by atoms with Gasteiger partial charge in [0, 0.05) is 19.2 Å². The molecule has 0 heterocycles. The number of carbonyl (C=O) groups excluding carboxylic acids is 1. The monoisotopic (exact) mass is 474 g/mol. The van der Waals surface area contributed by atoms with Gasteiger partial charge in [0.05, 0.1) is 28.0 Å². The van der Waals surface area contributed by atoms with Crippen molar-refractivity contribution in [1.29, 1.82) is 5.26 Å². The maximum absolute atomic E-state index is 12.8. The summed E-state index contributed by atoms with van der Waals surface area (Å²) in [5, 5.41) is 19.4. The summed E-state index contributed by atoms with van der Waals surface area (Å²) >= 11 is 5.85. The first-order valence-corrected chi connectivity index (χ1v) is 9.00. The van der Waals surface area contributed by atoms with Gasteiger partial charge < -0.3 is 18.9 Å². The number of rotatable bonds is 9. The van der Waals surface area contributed by atoms with Crippen molar-refractivity contribution in [1.82, 2.24) is 0 Å². The third-order valence-corrected chi connectivity index (χ3v) is 4.01. The van der Waals surface area contributed by atoms with E-state index in [0.29, 0.717) is 6.07 Å². The maximum Gasteiger partial charge on any atom is 0.416 e. The number of carbonyl (C=O) groups is 1. The first kappa shape index (κ1) is 24.7. The summed E-state index contributed by atoms with van der Waals surface area (Å²) in [4.78, 5) is 22.5. The minimum atomic E-state index is -4.60. The van der Waals surface area contributed by atoms with E-state index in [0.717, 1.165) is 37.4 Å². The molecule has 0 saturated carbocycles. The van der Waals surface area contributed by atoms with Crippen LogP contribution in [0, 0.1) is 21.4 Å². The summed E-state index contributed by atoms with van der Waals surface area (Å²) in [6.45, 7) is -0.240. The molecule has 32 heavy (non-hydrogen) atoms. The predicted octanol–water partition coefficient (Wildman–Crippen LogP) is 4.87. The normalized spacial score (nSPS) is 11.9. The number of methoxy groups -OCH3 is 1. The van der Waals surface area contributed by atoms with Crippen LogP contribution in [0.3, 0.4) is 0 Å². The number of halogens is 4. The minimum Gasteiger partial charge on any atom is -0.460 e. The summed E-state index contributed by atoms with van der Waals surface area (Å²) in [5.41, 5.74) is -1.54. The number of hydrogen-bond donors (Lipinski definition) is 0. The zero-order chi connectivity index (χ0) is 23.9. The third kappa shape index (κ3) is 6.47. The average molecular weight is 475 g/mol. The largest absolute Gasteiger partial charge is 0.460 e. The van der Waals surface area contributed by atoms with E-state index in [-0.39, 0.29) is 29.5 Å². The molecular formula is C19H14ClF3N2O7. The van der Waals surface area contributed by atoms with Crippen LogP contribution >= 0.6 is 11.6 Å². The van der Waals surface area contributed by atoms with Crippen molar-refractivity contribution in [3.05, 3.63) is 57.1 Å². The van der Waals surface area contributed by atoms with Crippen LogP contribution in [0.25, 0.3) is 0 Å². The Hall–Kier alpha value is -3.56. The second-order valence-corrected chi connectivity index (χ2v) is 6.30. The lowest BCUT2D eigenvalue weighted by atomic mass is 10.2. The Morgan fingerprint density at radius 1 is 1.25 bits per heavy atom. The summed E-state index contributed by atoms with van der Waals surface area (Å²) < 4.78 is 58.6. The van der Waals surface area contributed by atoms with Crippen LogP contribution in [0.15, 0.2) is 36.4 Å². The average Bonchev–Trinajstić information content (AvgIpc) is 2.72. The molecule has 13 heteroatoms. The maximum atomic E-state index is 12.8. The van der Waals surface area contributed by atoms with E-state index in [2.05, 4.69) is 0 Å². The lowest BCUT2D eigenvalue weighted by Gasteiger charge is -2.17. The third-order valence-electron chi connectivity index (χ3n) is 3.71. The standard InChI is InChI=1S/C19H14ClF3N2O7/c1-29-18(17(26)30-8-2-7-24)32-16-10-12(4-5-14(16)25(27)28)31-15-6-3-11(9-13(15)20)19(21,22)23/h3-6,9-10,18H,2,8H2,1H3. The van der Waals surface area contributed by atoms with E-state index >= 15 is 0 Å². The van der Waals surface area contributed by atoms with Crippen molar-refractivity contribution < 1.29 is 41.8 Å². The van der Waals surface area contributed by atoms with Gasteiger partial charge in [-0.25, -0.2) is 4.79 Å². The number of ether oxygens (including phenoxy) is 4. The van der Waals surface area contributed by atoms with Gasteiger partial charge in [-0.15, -0.1) is 0 Å². The number of esters is 1. The molecule has 2 rings (SSSR count). The quantitative estimate of drug-likeness (QED) is 0.166. The Labute approximate surface area is 184 Å². The van der Waals surface area contributed by atoms with Gasteiger partial charge in [-0.3, -0.25) is 10.1 Å². The summed E-state index contributed by atoms with van der Waals surface area (Å²) in [7, 11) is 1.09. The van der Waals surface area contributed by atoms with Crippen LogP contribution in [0.4, 0.5) is 18.9 Å². The van der Waals surface area contributed by atoms with E-state index in [4.69, 9.17) is 35.8 Å². The lowest BCUT2D eigenvalue weighted by molar-refractivity contribution is -0.386. The highest BCUT2D eigenvalue weighted by Gasteiger charge is 2.31. The number of nitriles is 1. The fraction of sp³-hybridized carbons (Fsp3) is 0.263. The summed E-state index contributed by atoms with van der Waals surface area (Å²) in [5.74, 6) is -1.72. The zero-order valence-electron chi connectivity index (χ0n) is 16.2. The van der Waals surface area contributed by atoms with Crippen LogP contribution in [-0.4, -0.2) is 30.9 Å². The molecule has 170 valence electrons. The smallest absolute Gasteiger partial charge is 0.416 e. The van der Waals surface area contributed by atoms with Gasteiger partial charge >= 0.3 is 17.8 Å². The number of hydrogen-bond acceptors (Lipinski definition) is 8. The molecule has 0 N–H and O–H groups in total. The Bertz CT molecular complexity index is 1040. The fourth-order valence-electron chi connectivity index (χ4n) is 2.26. The molecule has 0 aliphatic heterocycles. The Morgan fingerprint density at radius 3 is 2.53 bits per heavy atom. The molecule has 2 aromatic carbocycles. The first-order valence-electron chi connectivity index (χ1n) is 8.63. The SMILES string of the molecule is COC(Oc1cc(Oc2ccc(C(F)(F)F)cc2Cl)ccc1[N+](=O)[O-])C(=O)OCCC#N. The van der Waals surface area contributed by atoms with Gasteiger partial charge in [0.1, 0.15) is 18.1 Å². The highest BCUT2D eigenvalue weighted by atomic mass is 35.5. The number of nitrogens with zero attached hydrogens (tertiary/aromatic N) is 2. The van der Waals surface area contributed by atoms with Gasteiger partial charge in [-0.2, -0.15) is 18.4 Å². The molecule has 2 aromatic rings.